The molecular weight excluding hydrogens is 406 g/mol. The molecule has 0 radical (unpaired) electrons. The van der Waals surface area contributed by atoms with Gasteiger partial charge in [-0.15, -0.1) is 0 Å². The molecule has 0 unspecified atom stereocenters. The number of piperazine rings is 1. The predicted octanol–water partition coefficient (Wildman–Crippen LogP) is 3.08. The summed E-state index contributed by atoms with van der Waals surface area (Å²) < 4.78 is 7.11. The number of benzene rings is 1. The maximum absolute atomic E-state index is 12.5. The number of rotatable bonds is 5. The SMILES string of the molecule is CC(C)(C)OC(=O)N1CCN(CC(=O)Nc2ccnn2Cc2ccccc2Cl)CC1. The first-order valence-electron chi connectivity index (χ1n) is 9.96. The summed E-state index contributed by atoms with van der Waals surface area (Å²) in [5, 5.41) is 7.86. The van der Waals surface area contributed by atoms with E-state index in [9.17, 15) is 9.59 Å². The highest BCUT2D eigenvalue weighted by molar-refractivity contribution is 6.31. The molecule has 0 saturated carbocycles. The molecule has 1 aromatic carbocycles. The van der Waals surface area contributed by atoms with E-state index in [1.54, 1.807) is 21.8 Å². The van der Waals surface area contributed by atoms with Crippen LogP contribution in [-0.2, 0) is 16.1 Å². The lowest BCUT2D eigenvalue weighted by Gasteiger charge is -2.35. The molecule has 0 aliphatic carbocycles. The summed E-state index contributed by atoms with van der Waals surface area (Å²) in [6.07, 6.45) is 1.33. The molecule has 1 fully saturated rings. The standard InChI is InChI=1S/C21H28ClN5O3/c1-21(2,3)30-20(29)26-12-10-25(11-13-26)15-19(28)24-18-8-9-23-27(18)14-16-6-4-5-7-17(16)22/h4-9H,10-15H2,1-3H3,(H,24,28). The van der Waals surface area contributed by atoms with Crippen LogP contribution in [0.15, 0.2) is 36.5 Å². The molecule has 0 spiro atoms. The second-order valence-electron chi connectivity index (χ2n) is 8.26. The van der Waals surface area contributed by atoms with Crippen molar-refractivity contribution in [3.63, 3.8) is 0 Å². The fourth-order valence-electron chi connectivity index (χ4n) is 3.15. The molecule has 1 aliphatic rings. The molecule has 1 saturated heterocycles. The number of amides is 2. The zero-order valence-corrected chi connectivity index (χ0v) is 18.4. The molecule has 30 heavy (non-hydrogen) atoms. The minimum Gasteiger partial charge on any atom is -0.444 e. The average molecular weight is 434 g/mol. The Morgan fingerprint density at radius 2 is 1.83 bits per heavy atom. The van der Waals surface area contributed by atoms with Crippen molar-refractivity contribution in [1.82, 2.24) is 19.6 Å². The lowest BCUT2D eigenvalue weighted by atomic mass is 10.2. The van der Waals surface area contributed by atoms with Gasteiger partial charge in [0.25, 0.3) is 0 Å². The first kappa shape index (κ1) is 22.1. The third-order valence-corrected chi connectivity index (χ3v) is 5.02. The van der Waals surface area contributed by atoms with Crippen molar-refractivity contribution in [3.8, 4) is 0 Å². The van der Waals surface area contributed by atoms with Crippen LogP contribution in [0.1, 0.15) is 26.3 Å². The van der Waals surface area contributed by atoms with Gasteiger partial charge < -0.3 is 15.0 Å². The largest absolute Gasteiger partial charge is 0.444 e. The summed E-state index contributed by atoms with van der Waals surface area (Å²) in [4.78, 5) is 28.4. The molecule has 1 N–H and O–H groups in total. The van der Waals surface area contributed by atoms with Crippen LogP contribution in [0.2, 0.25) is 5.02 Å². The van der Waals surface area contributed by atoms with Gasteiger partial charge in [0.05, 0.1) is 19.3 Å². The van der Waals surface area contributed by atoms with Crippen LogP contribution in [-0.4, -0.2) is 69.9 Å². The third-order valence-electron chi connectivity index (χ3n) is 4.65. The van der Waals surface area contributed by atoms with Gasteiger partial charge in [-0.1, -0.05) is 29.8 Å². The van der Waals surface area contributed by atoms with Crippen molar-refractivity contribution in [2.75, 3.05) is 38.0 Å². The van der Waals surface area contributed by atoms with E-state index in [2.05, 4.69) is 10.4 Å². The average Bonchev–Trinajstić information content (AvgIpc) is 3.09. The van der Waals surface area contributed by atoms with Gasteiger partial charge in [-0.2, -0.15) is 5.10 Å². The Kier molecular flexibility index (Phi) is 6.99. The fourth-order valence-corrected chi connectivity index (χ4v) is 3.35. The Balaban J connectivity index is 1.49. The van der Waals surface area contributed by atoms with Crippen LogP contribution in [0, 0.1) is 0 Å². The molecule has 2 heterocycles. The van der Waals surface area contributed by atoms with E-state index in [4.69, 9.17) is 16.3 Å². The molecule has 8 nitrogen and oxygen atoms in total. The van der Waals surface area contributed by atoms with E-state index < -0.39 is 5.60 Å². The van der Waals surface area contributed by atoms with Gasteiger partial charge in [-0.25, -0.2) is 9.48 Å². The Bertz CT molecular complexity index is 885. The van der Waals surface area contributed by atoms with Crippen LogP contribution < -0.4 is 5.32 Å². The summed E-state index contributed by atoms with van der Waals surface area (Å²) in [6, 6.07) is 9.31. The van der Waals surface area contributed by atoms with Crippen molar-refractivity contribution in [3.05, 3.63) is 47.1 Å². The lowest BCUT2D eigenvalue weighted by molar-refractivity contribution is -0.117. The van der Waals surface area contributed by atoms with Crippen molar-refractivity contribution < 1.29 is 14.3 Å². The van der Waals surface area contributed by atoms with Crippen molar-refractivity contribution in [2.45, 2.75) is 32.9 Å². The summed E-state index contributed by atoms with van der Waals surface area (Å²) in [7, 11) is 0. The van der Waals surface area contributed by atoms with Crippen LogP contribution >= 0.6 is 11.6 Å². The van der Waals surface area contributed by atoms with Crippen LogP contribution in [0.5, 0.6) is 0 Å². The second-order valence-corrected chi connectivity index (χ2v) is 8.66. The predicted molar refractivity (Wildman–Crippen MR) is 116 cm³/mol. The maximum atomic E-state index is 12.5. The van der Waals surface area contributed by atoms with Gasteiger partial charge >= 0.3 is 6.09 Å². The number of nitrogens with one attached hydrogen (secondary N) is 1. The minimum absolute atomic E-state index is 0.123. The molecule has 0 bridgehead atoms. The highest BCUT2D eigenvalue weighted by Crippen LogP contribution is 2.18. The third kappa shape index (κ3) is 6.21. The molecule has 3 rings (SSSR count). The molecule has 1 aromatic heterocycles. The van der Waals surface area contributed by atoms with E-state index in [1.807, 2.05) is 49.9 Å². The van der Waals surface area contributed by atoms with Crippen molar-refractivity contribution in [1.29, 1.82) is 0 Å². The first-order chi connectivity index (χ1) is 14.2. The Hall–Kier alpha value is -2.58. The zero-order chi connectivity index (χ0) is 21.7. The second kappa shape index (κ2) is 9.49. The molecule has 9 heteroatoms. The summed E-state index contributed by atoms with van der Waals surface area (Å²) in [5.41, 5.74) is 0.415. The van der Waals surface area contributed by atoms with E-state index in [1.165, 1.54) is 0 Å². The highest BCUT2D eigenvalue weighted by Gasteiger charge is 2.26. The van der Waals surface area contributed by atoms with Gasteiger partial charge in [0.2, 0.25) is 5.91 Å². The lowest BCUT2D eigenvalue weighted by Crippen LogP contribution is -2.51. The number of anilines is 1. The topological polar surface area (TPSA) is 79.7 Å². The molecule has 162 valence electrons. The van der Waals surface area contributed by atoms with E-state index in [0.29, 0.717) is 43.6 Å². The van der Waals surface area contributed by atoms with E-state index in [0.717, 1.165) is 5.56 Å². The fraction of sp³-hybridized carbons (Fsp3) is 0.476. The van der Waals surface area contributed by atoms with Gasteiger partial charge in [-0.05, 0) is 32.4 Å². The number of ether oxygens (including phenoxy) is 1. The Morgan fingerprint density at radius 1 is 1.13 bits per heavy atom. The Morgan fingerprint density at radius 3 is 2.50 bits per heavy atom. The van der Waals surface area contributed by atoms with Gasteiger partial charge in [-0.3, -0.25) is 9.69 Å². The van der Waals surface area contributed by atoms with Crippen LogP contribution in [0.25, 0.3) is 0 Å². The Labute approximate surface area is 181 Å². The number of hydrogen-bond acceptors (Lipinski definition) is 5. The molecule has 2 amide bonds. The number of nitrogens with zero attached hydrogens (tertiary/aromatic N) is 4. The van der Waals surface area contributed by atoms with Gasteiger partial charge in [0.15, 0.2) is 0 Å². The van der Waals surface area contributed by atoms with Crippen LogP contribution in [0.3, 0.4) is 0 Å². The molecule has 2 aromatic rings. The monoisotopic (exact) mass is 433 g/mol. The van der Waals surface area contributed by atoms with E-state index >= 15 is 0 Å². The summed E-state index contributed by atoms with van der Waals surface area (Å²) in [6.45, 7) is 8.57. The maximum Gasteiger partial charge on any atom is 0.410 e. The molecule has 1 aliphatic heterocycles. The minimum atomic E-state index is -0.513. The van der Waals surface area contributed by atoms with Crippen LogP contribution in [0.4, 0.5) is 10.6 Å². The van der Waals surface area contributed by atoms with Crippen molar-refractivity contribution in [2.24, 2.45) is 0 Å². The van der Waals surface area contributed by atoms with Gasteiger partial charge in [0, 0.05) is 37.3 Å². The summed E-state index contributed by atoms with van der Waals surface area (Å²) >= 11 is 6.23. The zero-order valence-electron chi connectivity index (χ0n) is 17.6. The molecular formula is C21H28ClN5O3. The highest BCUT2D eigenvalue weighted by atomic mass is 35.5. The van der Waals surface area contributed by atoms with Gasteiger partial charge in [0.1, 0.15) is 11.4 Å². The quantitative estimate of drug-likeness (QED) is 0.783. The normalized spacial score (nSPS) is 15.1. The number of halogens is 1. The number of carbonyl (C=O) groups excluding carboxylic acids is 2. The number of carbonyl (C=O) groups is 2. The number of hydrogen-bond donors (Lipinski definition) is 1. The number of aromatic nitrogens is 2. The smallest absolute Gasteiger partial charge is 0.410 e. The van der Waals surface area contributed by atoms with E-state index in [-0.39, 0.29) is 18.5 Å². The van der Waals surface area contributed by atoms with Crippen molar-refractivity contribution >= 4 is 29.4 Å². The molecule has 0 atom stereocenters. The summed E-state index contributed by atoms with van der Waals surface area (Å²) in [5.74, 6) is 0.494. The first-order valence-corrected chi connectivity index (χ1v) is 10.3.